The summed E-state index contributed by atoms with van der Waals surface area (Å²) in [6.45, 7) is 3.69. The Kier molecular flexibility index (Phi) is 3.90. The second-order valence-corrected chi connectivity index (χ2v) is 4.84. The Hall–Kier alpha value is -1.21. The number of nitrogens with one attached hydrogen (secondary N) is 2. The molecule has 0 aliphatic carbocycles. The van der Waals surface area contributed by atoms with Gasteiger partial charge in [0.15, 0.2) is 5.96 Å². The quantitative estimate of drug-likeness (QED) is 0.594. The fourth-order valence-corrected chi connectivity index (χ4v) is 1.95. The second-order valence-electron chi connectivity index (χ2n) is 3.98. The second kappa shape index (κ2) is 5.42. The van der Waals surface area contributed by atoms with Gasteiger partial charge in [-0.15, -0.1) is 0 Å². The summed E-state index contributed by atoms with van der Waals surface area (Å²) < 4.78 is 0.763. The Balaban J connectivity index is 1.95. The lowest BCUT2D eigenvalue weighted by molar-refractivity contribution is 0.214. The van der Waals surface area contributed by atoms with Crippen LogP contribution in [0.2, 0.25) is 0 Å². The van der Waals surface area contributed by atoms with Crippen molar-refractivity contribution >= 4 is 27.7 Å². The molecule has 1 saturated heterocycles. The van der Waals surface area contributed by atoms with Crippen LogP contribution >= 0.6 is 15.9 Å². The van der Waals surface area contributed by atoms with E-state index in [2.05, 4.69) is 43.2 Å². The number of hydrogen-bond donors (Lipinski definition) is 2. The molecule has 6 nitrogen and oxygen atoms in total. The van der Waals surface area contributed by atoms with Crippen molar-refractivity contribution in [3.05, 3.63) is 17.0 Å². The standard InChI is InChI=1S/C10H15BrN6/c1-16-2-4-17(5-3-16)10(12)15-9-8(11)6-13-7-14-9/h6-7H,2-5H2,1H3,(H2,12,13,14,15). The molecule has 0 radical (unpaired) electrons. The normalized spacial score (nSPS) is 16.9. The van der Waals surface area contributed by atoms with E-state index in [4.69, 9.17) is 5.41 Å². The number of piperazine rings is 1. The molecule has 7 heteroatoms. The summed E-state index contributed by atoms with van der Waals surface area (Å²) in [5.41, 5.74) is 0. The van der Waals surface area contributed by atoms with Crippen molar-refractivity contribution in [3.8, 4) is 0 Å². The van der Waals surface area contributed by atoms with Crippen molar-refractivity contribution in [2.24, 2.45) is 0 Å². The van der Waals surface area contributed by atoms with Gasteiger partial charge in [-0.25, -0.2) is 9.97 Å². The summed E-state index contributed by atoms with van der Waals surface area (Å²) in [7, 11) is 2.09. The molecule has 1 fully saturated rings. The molecule has 2 heterocycles. The summed E-state index contributed by atoms with van der Waals surface area (Å²) in [6, 6.07) is 0. The third kappa shape index (κ3) is 3.13. The van der Waals surface area contributed by atoms with E-state index in [-0.39, 0.29) is 0 Å². The van der Waals surface area contributed by atoms with E-state index < -0.39 is 0 Å². The number of guanidine groups is 1. The maximum Gasteiger partial charge on any atom is 0.196 e. The molecule has 2 rings (SSSR count). The number of nitrogens with zero attached hydrogens (tertiary/aromatic N) is 4. The summed E-state index contributed by atoms with van der Waals surface area (Å²) in [5.74, 6) is 1.02. The molecule has 1 aromatic rings. The molecule has 1 aromatic heterocycles. The highest BCUT2D eigenvalue weighted by Crippen LogP contribution is 2.17. The van der Waals surface area contributed by atoms with Crippen LogP contribution in [-0.2, 0) is 0 Å². The number of anilines is 1. The largest absolute Gasteiger partial charge is 0.340 e. The Bertz CT molecular complexity index is 402. The van der Waals surface area contributed by atoms with E-state index in [0.29, 0.717) is 11.8 Å². The summed E-state index contributed by atoms with van der Waals surface area (Å²) in [4.78, 5) is 12.2. The van der Waals surface area contributed by atoms with E-state index in [0.717, 1.165) is 30.7 Å². The highest BCUT2D eigenvalue weighted by molar-refractivity contribution is 9.10. The van der Waals surface area contributed by atoms with E-state index in [1.54, 1.807) is 6.20 Å². The smallest absolute Gasteiger partial charge is 0.196 e. The van der Waals surface area contributed by atoms with Crippen LogP contribution in [0.3, 0.4) is 0 Å². The lowest BCUT2D eigenvalue weighted by Crippen LogP contribution is -2.49. The Morgan fingerprint density at radius 1 is 1.41 bits per heavy atom. The van der Waals surface area contributed by atoms with Crippen molar-refractivity contribution in [1.82, 2.24) is 19.8 Å². The fourth-order valence-electron chi connectivity index (χ4n) is 1.63. The number of likely N-dealkylation sites (N-methyl/N-ethyl adjacent to an activating group) is 1. The minimum atomic E-state index is 0.387. The van der Waals surface area contributed by atoms with Crippen molar-refractivity contribution in [2.45, 2.75) is 0 Å². The van der Waals surface area contributed by atoms with Gasteiger partial charge in [0.25, 0.3) is 0 Å². The molecule has 0 atom stereocenters. The average molecular weight is 299 g/mol. The van der Waals surface area contributed by atoms with Crippen LogP contribution in [0.25, 0.3) is 0 Å². The average Bonchev–Trinajstić information content (AvgIpc) is 2.33. The van der Waals surface area contributed by atoms with Gasteiger partial charge in [0.2, 0.25) is 0 Å². The van der Waals surface area contributed by atoms with Gasteiger partial charge in [-0.3, -0.25) is 5.41 Å². The van der Waals surface area contributed by atoms with Crippen LogP contribution in [0.5, 0.6) is 0 Å². The fraction of sp³-hybridized carbons (Fsp3) is 0.500. The Labute approximate surface area is 109 Å². The lowest BCUT2D eigenvalue weighted by Gasteiger charge is -2.33. The zero-order valence-electron chi connectivity index (χ0n) is 9.65. The number of hydrogen-bond acceptors (Lipinski definition) is 4. The van der Waals surface area contributed by atoms with Gasteiger partial charge in [0.05, 0.1) is 4.47 Å². The van der Waals surface area contributed by atoms with E-state index in [1.165, 1.54) is 6.33 Å². The molecule has 1 aliphatic heterocycles. The molecule has 0 bridgehead atoms. The van der Waals surface area contributed by atoms with Gasteiger partial charge in [0, 0.05) is 32.4 Å². The van der Waals surface area contributed by atoms with Crippen molar-refractivity contribution in [2.75, 3.05) is 38.5 Å². The first-order valence-corrected chi connectivity index (χ1v) is 6.20. The first kappa shape index (κ1) is 12.3. The minimum absolute atomic E-state index is 0.387. The van der Waals surface area contributed by atoms with E-state index >= 15 is 0 Å². The zero-order chi connectivity index (χ0) is 12.3. The third-order valence-corrected chi connectivity index (χ3v) is 3.30. The maximum atomic E-state index is 8.00. The molecular formula is C10H15BrN6. The molecule has 17 heavy (non-hydrogen) atoms. The van der Waals surface area contributed by atoms with Crippen LogP contribution in [0.1, 0.15) is 0 Å². The van der Waals surface area contributed by atoms with Crippen LogP contribution in [-0.4, -0.2) is 59.0 Å². The Morgan fingerprint density at radius 3 is 2.76 bits per heavy atom. The van der Waals surface area contributed by atoms with Gasteiger partial charge in [-0.2, -0.15) is 0 Å². The van der Waals surface area contributed by atoms with Crippen LogP contribution in [0, 0.1) is 5.41 Å². The molecule has 0 spiro atoms. The molecule has 0 aromatic carbocycles. The minimum Gasteiger partial charge on any atom is -0.340 e. The molecule has 0 amide bonds. The van der Waals surface area contributed by atoms with Crippen LogP contribution < -0.4 is 5.32 Å². The predicted octanol–water partition coefficient (Wildman–Crippen LogP) is 0.833. The van der Waals surface area contributed by atoms with Crippen molar-refractivity contribution < 1.29 is 0 Å². The number of halogens is 1. The molecule has 1 aliphatic rings. The number of aromatic nitrogens is 2. The van der Waals surface area contributed by atoms with Crippen molar-refractivity contribution in [3.63, 3.8) is 0 Å². The molecule has 92 valence electrons. The lowest BCUT2D eigenvalue weighted by atomic mass is 10.3. The summed E-state index contributed by atoms with van der Waals surface area (Å²) >= 11 is 3.35. The van der Waals surface area contributed by atoms with Crippen LogP contribution in [0.4, 0.5) is 5.82 Å². The topological polar surface area (TPSA) is 68.1 Å². The molecule has 2 N–H and O–H groups in total. The summed E-state index contributed by atoms with van der Waals surface area (Å²) in [5, 5.41) is 11.0. The monoisotopic (exact) mass is 298 g/mol. The molecule has 0 unspecified atom stereocenters. The maximum absolute atomic E-state index is 8.00. The first-order valence-electron chi connectivity index (χ1n) is 5.41. The SMILES string of the molecule is CN1CCN(C(=N)Nc2ncncc2Br)CC1. The van der Waals surface area contributed by atoms with E-state index in [1.807, 2.05) is 4.90 Å². The summed E-state index contributed by atoms with van der Waals surface area (Å²) in [6.07, 6.45) is 3.12. The van der Waals surface area contributed by atoms with Gasteiger partial charge < -0.3 is 15.1 Å². The third-order valence-electron chi connectivity index (χ3n) is 2.72. The van der Waals surface area contributed by atoms with Gasteiger partial charge in [0.1, 0.15) is 12.1 Å². The highest BCUT2D eigenvalue weighted by Gasteiger charge is 2.17. The predicted molar refractivity (Wildman–Crippen MR) is 70.2 cm³/mol. The highest BCUT2D eigenvalue weighted by atomic mass is 79.9. The first-order chi connectivity index (χ1) is 8.16. The Morgan fingerprint density at radius 2 is 2.12 bits per heavy atom. The van der Waals surface area contributed by atoms with Crippen LogP contribution in [0.15, 0.2) is 17.0 Å². The van der Waals surface area contributed by atoms with Crippen molar-refractivity contribution in [1.29, 1.82) is 5.41 Å². The molecular weight excluding hydrogens is 284 g/mol. The van der Waals surface area contributed by atoms with Gasteiger partial charge >= 0.3 is 0 Å². The zero-order valence-corrected chi connectivity index (χ0v) is 11.2. The van der Waals surface area contributed by atoms with Gasteiger partial charge in [-0.1, -0.05) is 0 Å². The molecule has 0 saturated carbocycles. The van der Waals surface area contributed by atoms with E-state index in [9.17, 15) is 0 Å². The van der Waals surface area contributed by atoms with Gasteiger partial charge in [-0.05, 0) is 23.0 Å². The number of rotatable bonds is 1.